The number of hydrogen-bond acceptors (Lipinski definition) is 2. The van der Waals surface area contributed by atoms with Crippen LogP contribution in [0, 0.1) is 11.7 Å². The van der Waals surface area contributed by atoms with Crippen molar-refractivity contribution in [2.24, 2.45) is 11.7 Å². The van der Waals surface area contributed by atoms with Crippen molar-refractivity contribution in [3.05, 3.63) is 34.1 Å². The molecule has 4 heteroatoms. The van der Waals surface area contributed by atoms with Crippen molar-refractivity contribution in [1.29, 1.82) is 0 Å². The second-order valence-electron chi connectivity index (χ2n) is 5.49. The maximum atomic E-state index is 14.0. The summed E-state index contributed by atoms with van der Waals surface area (Å²) in [6, 6.07) is 5.10. The van der Waals surface area contributed by atoms with Crippen molar-refractivity contribution in [3.8, 4) is 0 Å². The molecule has 106 valence electrons. The van der Waals surface area contributed by atoms with E-state index in [0.29, 0.717) is 12.1 Å². The third-order valence-electron chi connectivity index (χ3n) is 4.03. The van der Waals surface area contributed by atoms with Crippen LogP contribution in [0.1, 0.15) is 37.8 Å². The van der Waals surface area contributed by atoms with Gasteiger partial charge in [-0.3, -0.25) is 4.90 Å². The number of nitrogens with two attached hydrogens (primary N) is 1. The normalized spacial score (nSPS) is 23.1. The summed E-state index contributed by atoms with van der Waals surface area (Å²) in [7, 11) is 0. The van der Waals surface area contributed by atoms with E-state index in [0.717, 1.165) is 23.5 Å². The molecule has 0 aliphatic carbocycles. The lowest BCUT2D eigenvalue weighted by Crippen LogP contribution is -2.35. The topological polar surface area (TPSA) is 29.3 Å². The molecule has 0 radical (unpaired) electrons. The highest BCUT2D eigenvalue weighted by molar-refractivity contribution is 9.10. The Hall–Kier alpha value is -0.450. The van der Waals surface area contributed by atoms with Gasteiger partial charge in [0.25, 0.3) is 0 Å². The molecule has 1 saturated heterocycles. The van der Waals surface area contributed by atoms with Crippen LogP contribution in [-0.2, 0) is 0 Å². The zero-order valence-corrected chi connectivity index (χ0v) is 13.0. The molecular formula is C15H22BrFN2. The minimum absolute atomic E-state index is 0.0113. The number of hydrogen-bond donors (Lipinski definition) is 1. The molecule has 2 atom stereocenters. The predicted molar refractivity (Wildman–Crippen MR) is 80.5 cm³/mol. The first-order valence-electron chi connectivity index (χ1n) is 7.01. The predicted octanol–water partition coefficient (Wildman–Crippen LogP) is 3.71. The fourth-order valence-electron chi connectivity index (χ4n) is 2.84. The Labute approximate surface area is 123 Å². The smallest absolute Gasteiger partial charge is 0.128 e. The number of likely N-dealkylation sites (tertiary alicyclic amines) is 1. The summed E-state index contributed by atoms with van der Waals surface area (Å²) in [6.07, 6.45) is 3.61. The molecule has 1 aliphatic heterocycles. The lowest BCUT2D eigenvalue weighted by Gasteiger charge is -2.30. The van der Waals surface area contributed by atoms with Crippen LogP contribution < -0.4 is 5.73 Å². The molecule has 2 N–H and O–H groups in total. The molecular weight excluding hydrogens is 307 g/mol. The highest BCUT2D eigenvalue weighted by Gasteiger charge is 2.24. The molecule has 19 heavy (non-hydrogen) atoms. The van der Waals surface area contributed by atoms with Crippen molar-refractivity contribution >= 4 is 15.9 Å². The van der Waals surface area contributed by atoms with Crippen LogP contribution in [0.3, 0.4) is 0 Å². The van der Waals surface area contributed by atoms with Gasteiger partial charge in [0, 0.05) is 22.6 Å². The van der Waals surface area contributed by atoms with E-state index >= 15 is 0 Å². The quantitative estimate of drug-likeness (QED) is 0.916. The van der Waals surface area contributed by atoms with E-state index in [9.17, 15) is 4.39 Å². The van der Waals surface area contributed by atoms with E-state index in [4.69, 9.17) is 5.73 Å². The molecule has 0 spiro atoms. The lowest BCUT2D eigenvalue weighted by atomic mass is 10.0. The summed E-state index contributed by atoms with van der Waals surface area (Å²) in [4.78, 5) is 2.34. The van der Waals surface area contributed by atoms with Crippen LogP contribution in [-0.4, -0.2) is 24.5 Å². The summed E-state index contributed by atoms with van der Waals surface area (Å²) in [5.74, 6) is 0.603. The van der Waals surface area contributed by atoms with Gasteiger partial charge in [-0.05, 0) is 56.5 Å². The van der Waals surface area contributed by atoms with Gasteiger partial charge in [-0.15, -0.1) is 0 Å². The fourth-order valence-corrected chi connectivity index (χ4v) is 3.22. The number of benzene rings is 1. The summed E-state index contributed by atoms with van der Waals surface area (Å²) in [5, 5.41) is 0. The molecule has 2 rings (SSSR count). The Morgan fingerprint density at radius 2 is 2.21 bits per heavy atom. The van der Waals surface area contributed by atoms with Crippen LogP contribution in [0.15, 0.2) is 22.7 Å². The average Bonchev–Trinajstić information content (AvgIpc) is 2.60. The molecule has 0 aromatic heterocycles. The summed E-state index contributed by atoms with van der Waals surface area (Å²) >= 11 is 3.42. The van der Waals surface area contributed by atoms with E-state index in [1.54, 1.807) is 6.07 Å². The van der Waals surface area contributed by atoms with E-state index in [-0.39, 0.29) is 11.9 Å². The maximum absolute atomic E-state index is 14.0. The van der Waals surface area contributed by atoms with Crippen LogP contribution >= 0.6 is 15.9 Å². The fraction of sp³-hybridized carbons (Fsp3) is 0.600. The SMILES string of the molecule is CC1CCCN(C(CN)c2cc(Br)ccc2F)CC1. The third kappa shape index (κ3) is 3.77. The molecule has 2 nitrogen and oxygen atoms in total. The first-order chi connectivity index (χ1) is 9.11. The molecule has 1 fully saturated rings. The van der Waals surface area contributed by atoms with Crippen LogP contribution in [0.4, 0.5) is 4.39 Å². The minimum atomic E-state index is -0.157. The molecule has 1 aromatic rings. The van der Waals surface area contributed by atoms with Crippen molar-refractivity contribution in [2.75, 3.05) is 19.6 Å². The standard InChI is InChI=1S/C15H22BrFN2/c1-11-3-2-7-19(8-6-11)15(10-18)13-9-12(16)4-5-14(13)17/h4-5,9,11,15H,2-3,6-8,10,18H2,1H3. The summed E-state index contributed by atoms with van der Waals surface area (Å²) < 4.78 is 14.9. The Balaban J connectivity index is 2.21. The second-order valence-corrected chi connectivity index (χ2v) is 6.41. The number of rotatable bonds is 3. The van der Waals surface area contributed by atoms with Gasteiger partial charge in [0.1, 0.15) is 5.82 Å². The van der Waals surface area contributed by atoms with Crippen molar-refractivity contribution in [1.82, 2.24) is 4.90 Å². The monoisotopic (exact) mass is 328 g/mol. The van der Waals surface area contributed by atoms with Crippen LogP contribution in [0.25, 0.3) is 0 Å². The molecule has 1 aliphatic rings. The first kappa shape index (κ1) is 14.9. The lowest BCUT2D eigenvalue weighted by molar-refractivity contribution is 0.203. The second kappa shape index (κ2) is 6.82. The number of halogens is 2. The average molecular weight is 329 g/mol. The molecule has 0 saturated carbocycles. The highest BCUT2D eigenvalue weighted by atomic mass is 79.9. The van der Waals surface area contributed by atoms with Gasteiger partial charge in [0.15, 0.2) is 0 Å². The molecule has 1 heterocycles. The Bertz CT molecular complexity index is 425. The molecule has 0 amide bonds. The zero-order chi connectivity index (χ0) is 13.8. The van der Waals surface area contributed by atoms with Crippen LogP contribution in [0.2, 0.25) is 0 Å². The van der Waals surface area contributed by atoms with Gasteiger partial charge < -0.3 is 5.73 Å². The Kier molecular flexibility index (Phi) is 5.37. The Morgan fingerprint density at radius 1 is 1.42 bits per heavy atom. The number of nitrogens with zero attached hydrogens (tertiary/aromatic N) is 1. The summed E-state index contributed by atoms with van der Waals surface area (Å²) in [6.45, 7) is 4.77. The van der Waals surface area contributed by atoms with Gasteiger partial charge in [-0.25, -0.2) is 4.39 Å². The van der Waals surface area contributed by atoms with Crippen molar-refractivity contribution < 1.29 is 4.39 Å². The van der Waals surface area contributed by atoms with E-state index in [1.807, 2.05) is 6.07 Å². The largest absolute Gasteiger partial charge is 0.329 e. The van der Waals surface area contributed by atoms with Gasteiger partial charge in [-0.2, -0.15) is 0 Å². The van der Waals surface area contributed by atoms with Gasteiger partial charge in [0.05, 0.1) is 0 Å². The highest BCUT2D eigenvalue weighted by Crippen LogP contribution is 2.28. The minimum Gasteiger partial charge on any atom is -0.329 e. The first-order valence-corrected chi connectivity index (χ1v) is 7.80. The van der Waals surface area contributed by atoms with E-state index in [2.05, 4.69) is 27.8 Å². The van der Waals surface area contributed by atoms with E-state index in [1.165, 1.54) is 25.3 Å². The van der Waals surface area contributed by atoms with Gasteiger partial charge in [-0.1, -0.05) is 22.9 Å². The maximum Gasteiger partial charge on any atom is 0.128 e. The zero-order valence-electron chi connectivity index (χ0n) is 11.4. The summed E-state index contributed by atoms with van der Waals surface area (Å²) in [5.41, 5.74) is 6.63. The molecule has 1 aromatic carbocycles. The van der Waals surface area contributed by atoms with E-state index < -0.39 is 0 Å². The third-order valence-corrected chi connectivity index (χ3v) is 4.53. The van der Waals surface area contributed by atoms with Gasteiger partial charge >= 0.3 is 0 Å². The molecule has 0 bridgehead atoms. The molecule has 2 unspecified atom stereocenters. The van der Waals surface area contributed by atoms with Gasteiger partial charge in [0.2, 0.25) is 0 Å². The van der Waals surface area contributed by atoms with Crippen molar-refractivity contribution in [2.45, 2.75) is 32.2 Å². The Morgan fingerprint density at radius 3 is 2.95 bits per heavy atom. The van der Waals surface area contributed by atoms with Crippen LogP contribution in [0.5, 0.6) is 0 Å². The van der Waals surface area contributed by atoms with Crippen molar-refractivity contribution in [3.63, 3.8) is 0 Å².